The Morgan fingerprint density at radius 2 is 1.93 bits per heavy atom. The number of carbonyl (C=O) groups is 2. The predicted octanol–water partition coefficient (Wildman–Crippen LogP) is 4.17. The number of anilines is 1. The molecule has 2 aliphatic heterocycles. The van der Waals surface area contributed by atoms with Crippen molar-refractivity contribution in [3.63, 3.8) is 0 Å². The molecule has 214 valence electrons. The van der Waals surface area contributed by atoms with Gasteiger partial charge in [-0.15, -0.1) is 10.2 Å². The van der Waals surface area contributed by atoms with Crippen molar-refractivity contribution in [2.24, 2.45) is 7.05 Å². The first kappa shape index (κ1) is 29.2. The molecule has 3 aromatic rings. The molecule has 3 heterocycles. The molecule has 1 aromatic heterocycles. The van der Waals surface area contributed by atoms with Gasteiger partial charge in [0, 0.05) is 30.9 Å². The van der Waals surface area contributed by atoms with Crippen molar-refractivity contribution < 1.29 is 37.0 Å². The maximum absolute atomic E-state index is 15.8. The van der Waals surface area contributed by atoms with Gasteiger partial charge in [-0.1, -0.05) is 26.0 Å². The maximum atomic E-state index is 15.8. The lowest BCUT2D eigenvalue weighted by Crippen LogP contribution is -2.50. The van der Waals surface area contributed by atoms with Crippen LogP contribution in [0.2, 0.25) is 0 Å². The molecule has 2 aromatic carbocycles. The van der Waals surface area contributed by atoms with Gasteiger partial charge in [-0.2, -0.15) is 13.2 Å². The van der Waals surface area contributed by atoms with Crippen molar-refractivity contribution in [3.05, 3.63) is 76.4 Å². The van der Waals surface area contributed by atoms with E-state index in [9.17, 15) is 18.0 Å². The van der Waals surface area contributed by atoms with Crippen molar-refractivity contribution in [2.45, 2.75) is 50.7 Å². The van der Waals surface area contributed by atoms with E-state index in [1.54, 1.807) is 31.3 Å². The number of rotatable bonds is 7. The molecular weight excluding hydrogens is 534 g/mol. The summed E-state index contributed by atoms with van der Waals surface area (Å²) in [5.74, 6) is -0.372. The van der Waals surface area contributed by atoms with E-state index in [-0.39, 0.29) is 55.8 Å². The van der Waals surface area contributed by atoms with Gasteiger partial charge in [-0.3, -0.25) is 9.59 Å². The monoisotopic (exact) mass is 563 g/mol. The molecule has 2 aliphatic rings. The number of halogens is 4. The van der Waals surface area contributed by atoms with Gasteiger partial charge in [0.2, 0.25) is 0 Å². The number of fused-ring (bicyclic) bond motifs is 1. The number of aryl methyl sites for hydroxylation is 1. The van der Waals surface area contributed by atoms with Crippen molar-refractivity contribution >= 4 is 18.1 Å². The van der Waals surface area contributed by atoms with E-state index in [2.05, 4.69) is 15.5 Å². The SMILES string of the molecule is CC(C)NCc1cc2c(c(C(F)(F)F)c1)CN(c1cccc(C3([C@@H](F)c4nncn4C)COC3)c1)C2=O.O=CO. The van der Waals surface area contributed by atoms with Crippen molar-refractivity contribution in [3.8, 4) is 0 Å². The molecule has 2 N–H and O–H groups in total. The zero-order chi connectivity index (χ0) is 29.2. The fraction of sp³-hybridized carbons (Fsp3) is 0.407. The topological polar surface area (TPSA) is 110 Å². The van der Waals surface area contributed by atoms with Crippen LogP contribution in [-0.2, 0) is 41.3 Å². The molecule has 1 amide bonds. The van der Waals surface area contributed by atoms with Crippen LogP contribution >= 0.6 is 0 Å². The second-order valence-electron chi connectivity index (χ2n) is 10.1. The minimum atomic E-state index is -4.61. The zero-order valence-electron chi connectivity index (χ0n) is 22.1. The summed E-state index contributed by atoms with van der Waals surface area (Å²) in [6.45, 7) is 3.72. The Bertz CT molecular complexity index is 1390. The number of nitrogens with one attached hydrogen (secondary N) is 1. The number of hydrogen-bond donors (Lipinski definition) is 2. The van der Waals surface area contributed by atoms with Crippen LogP contribution in [0.3, 0.4) is 0 Å². The molecule has 1 atom stereocenters. The van der Waals surface area contributed by atoms with Gasteiger partial charge >= 0.3 is 6.18 Å². The van der Waals surface area contributed by atoms with Crippen LogP contribution in [0.4, 0.5) is 23.2 Å². The molecule has 0 unspecified atom stereocenters. The van der Waals surface area contributed by atoms with Crippen LogP contribution in [0.15, 0.2) is 42.7 Å². The Morgan fingerprint density at radius 1 is 1.23 bits per heavy atom. The van der Waals surface area contributed by atoms with E-state index in [1.807, 2.05) is 13.8 Å². The molecule has 9 nitrogen and oxygen atoms in total. The Labute approximate surface area is 227 Å². The van der Waals surface area contributed by atoms with Gasteiger partial charge in [0.05, 0.1) is 30.7 Å². The Kier molecular flexibility index (Phi) is 8.26. The Balaban J connectivity index is 0.00000118. The van der Waals surface area contributed by atoms with Crippen molar-refractivity contribution in [1.82, 2.24) is 20.1 Å². The van der Waals surface area contributed by atoms with Crippen molar-refractivity contribution in [1.29, 1.82) is 0 Å². The predicted molar refractivity (Wildman–Crippen MR) is 136 cm³/mol. The average Bonchev–Trinajstić information content (AvgIpc) is 3.44. The minimum absolute atomic E-state index is 0.0323. The number of amides is 1. The number of hydrogen-bond acceptors (Lipinski definition) is 6. The number of carbonyl (C=O) groups excluding carboxylic acids is 1. The molecule has 40 heavy (non-hydrogen) atoms. The van der Waals surface area contributed by atoms with Gasteiger partial charge in [-0.25, -0.2) is 4.39 Å². The summed E-state index contributed by atoms with van der Waals surface area (Å²) in [6, 6.07) is 9.41. The minimum Gasteiger partial charge on any atom is -0.483 e. The van der Waals surface area contributed by atoms with Gasteiger partial charge in [0.15, 0.2) is 12.0 Å². The van der Waals surface area contributed by atoms with E-state index < -0.39 is 29.2 Å². The number of carboxylic acid groups (broad SMARTS) is 1. The van der Waals surface area contributed by atoms with Crippen LogP contribution in [-0.4, -0.2) is 51.5 Å². The third-order valence-electron chi connectivity index (χ3n) is 7.03. The smallest absolute Gasteiger partial charge is 0.416 e. The van der Waals surface area contributed by atoms with Gasteiger partial charge in [0.1, 0.15) is 6.33 Å². The van der Waals surface area contributed by atoms with Gasteiger partial charge in [-0.05, 0) is 41.0 Å². The molecular formula is C27H29F4N5O4. The summed E-state index contributed by atoms with van der Waals surface area (Å²) in [5.41, 5.74) is -0.520. The first-order chi connectivity index (χ1) is 18.9. The lowest BCUT2D eigenvalue weighted by molar-refractivity contribution is -0.138. The Hall–Kier alpha value is -3.84. The fourth-order valence-corrected chi connectivity index (χ4v) is 4.89. The standard InChI is InChI=1S/C26H27F4N5O2.CH2O2/c1-15(2)31-10-16-7-19-20(21(8-16)26(28,29)30)11-35(24(19)36)18-6-4-5-17(9-18)25(12-37-13-25)22(27)23-33-32-14-34(23)3;2-1-3/h4-9,14-15,22,31H,10-13H2,1-3H3;1H,(H,2,3)/t22-;/m0./s1. The van der Waals surface area contributed by atoms with Gasteiger partial charge < -0.3 is 24.6 Å². The third-order valence-corrected chi connectivity index (χ3v) is 7.03. The van der Waals surface area contributed by atoms with Crippen LogP contribution < -0.4 is 10.2 Å². The number of nitrogens with zero attached hydrogens (tertiary/aromatic N) is 4. The van der Waals surface area contributed by atoms with Crippen LogP contribution in [0.25, 0.3) is 0 Å². The highest BCUT2D eigenvalue weighted by Gasteiger charge is 2.51. The summed E-state index contributed by atoms with van der Waals surface area (Å²) < 4.78 is 64.6. The van der Waals surface area contributed by atoms with E-state index in [0.29, 0.717) is 16.8 Å². The molecule has 1 fully saturated rings. The summed E-state index contributed by atoms with van der Waals surface area (Å²) >= 11 is 0. The normalized spacial score (nSPS) is 16.7. The molecule has 0 bridgehead atoms. The summed E-state index contributed by atoms with van der Waals surface area (Å²) in [4.78, 5) is 23.1. The second-order valence-corrected chi connectivity index (χ2v) is 10.1. The lowest BCUT2D eigenvalue weighted by atomic mass is 9.74. The Morgan fingerprint density at radius 3 is 2.48 bits per heavy atom. The fourth-order valence-electron chi connectivity index (χ4n) is 4.89. The lowest BCUT2D eigenvalue weighted by Gasteiger charge is -2.43. The molecule has 0 radical (unpaired) electrons. The highest BCUT2D eigenvalue weighted by atomic mass is 19.4. The van der Waals surface area contributed by atoms with Crippen molar-refractivity contribution in [2.75, 3.05) is 18.1 Å². The molecule has 0 saturated carbocycles. The number of ether oxygens (including phenoxy) is 1. The van der Waals surface area contributed by atoms with E-state index in [4.69, 9.17) is 14.6 Å². The third kappa shape index (κ3) is 5.43. The van der Waals surface area contributed by atoms with E-state index in [1.165, 1.54) is 21.9 Å². The molecule has 0 aliphatic carbocycles. The molecule has 13 heteroatoms. The van der Waals surface area contributed by atoms with Crippen LogP contribution in [0, 0.1) is 0 Å². The quantitative estimate of drug-likeness (QED) is 0.328. The summed E-state index contributed by atoms with van der Waals surface area (Å²) in [5, 5.41) is 17.7. The number of aromatic nitrogens is 3. The molecule has 1 saturated heterocycles. The molecule has 5 rings (SSSR count). The first-order valence-electron chi connectivity index (χ1n) is 12.4. The highest BCUT2D eigenvalue weighted by Crippen LogP contribution is 2.46. The van der Waals surface area contributed by atoms with E-state index in [0.717, 1.165) is 6.07 Å². The number of alkyl halides is 4. The summed E-state index contributed by atoms with van der Waals surface area (Å²) in [6.07, 6.45) is -4.72. The van der Waals surface area contributed by atoms with E-state index >= 15 is 4.39 Å². The second kappa shape index (κ2) is 11.3. The highest BCUT2D eigenvalue weighted by molar-refractivity contribution is 6.10. The van der Waals surface area contributed by atoms with Crippen LogP contribution in [0.5, 0.6) is 0 Å². The zero-order valence-corrected chi connectivity index (χ0v) is 22.1. The maximum Gasteiger partial charge on any atom is 0.416 e. The first-order valence-corrected chi connectivity index (χ1v) is 12.4. The summed E-state index contributed by atoms with van der Waals surface area (Å²) in [7, 11) is 1.65. The largest absolute Gasteiger partial charge is 0.483 e. The molecule has 0 spiro atoms. The van der Waals surface area contributed by atoms with Gasteiger partial charge in [0.25, 0.3) is 12.4 Å². The number of benzene rings is 2. The average molecular weight is 564 g/mol. The van der Waals surface area contributed by atoms with Crippen LogP contribution in [0.1, 0.15) is 58.5 Å².